The fourth-order valence-electron chi connectivity index (χ4n) is 1.22. The first-order valence-corrected chi connectivity index (χ1v) is 7.65. The summed E-state index contributed by atoms with van der Waals surface area (Å²) in [5.74, 6) is 0.810. The molecule has 0 atom stereocenters. The Labute approximate surface area is 110 Å². The normalized spacial score (nSPS) is 8.94. The zero-order chi connectivity index (χ0) is 11.8. The van der Waals surface area contributed by atoms with Crippen molar-refractivity contribution in [3.8, 4) is 17.0 Å². The molecule has 1 heterocycles. The average molecular weight is 410 g/mol. The Hall–Kier alpha value is -0.904. The summed E-state index contributed by atoms with van der Waals surface area (Å²) in [6.45, 7) is 0. The second-order valence-electron chi connectivity index (χ2n) is 2.86. The van der Waals surface area contributed by atoms with Crippen molar-refractivity contribution in [1.82, 2.24) is 4.98 Å². The van der Waals surface area contributed by atoms with Gasteiger partial charge in [-0.1, -0.05) is 12.1 Å². The molecule has 0 radical (unpaired) electrons. The molecule has 0 spiro atoms. The molecule has 0 amide bonds. The Morgan fingerprint density at radius 2 is 2.06 bits per heavy atom. The molecule has 0 fully saturated rings. The molecule has 16 heavy (non-hydrogen) atoms. The molecule has 4 heteroatoms. The fraction of sp³-hybridized carbons (Fsp3) is 0.0833. The van der Waals surface area contributed by atoms with Crippen molar-refractivity contribution in [2.75, 3.05) is 7.11 Å². The number of nitrogens with zero attached hydrogens (tertiary/aromatic N) is 1. The van der Waals surface area contributed by atoms with E-state index in [1.54, 1.807) is 13.3 Å². The van der Waals surface area contributed by atoms with Gasteiger partial charge in [-0.25, -0.2) is 0 Å². The molecule has 85 valence electrons. The summed E-state index contributed by atoms with van der Waals surface area (Å²) in [7, 11) is 6.31. The summed E-state index contributed by atoms with van der Waals surface area (Å²) < 4.78 is 5.05. The number of benzene rings is 1. The van der Waals surface area contributed by atoms with Gasteiger partial charge in [0, 0.05) is 11.9 Å². The Bertz CT molecular complexity index is 405. The van der Waals surface area contributed by atoms with Gasteiger partial charge < -0.3 is 9.72 Å². The summed E-state index contributed by atoms with van der Waals surface area (Å²) in [5, 5.41) is 0. The number of pyridine rings is 1. The van der Waals surface area contributed by atoms with Gasteiger partial charge in [-0.15, -0.1) is 29.8 Å². The standard InChI is InChI=1S/C12H10NO.ClH.Os/c1-14-11-7-5-10(6-8-11)12-4-2-3-9-13-12;;/h2-5,7-9H,1H3;1H;/q-1;;+1/p-1. The Morgan fingerprint density at radius 3 is 2.56 bits per heavy atom. The first-order chi connectivity index (χ1) is 7.90. The minimum absolute atomic E-state index is 0.810. The van der Waals surface area contributed by atoms with Gasteiger partial charge in [-0.2, -0.15) is 0 Å². The van der Waals surface area contributed by atoms with Gasteiger partial charge in [0.25, 0.3) is 0 Å². The molecule has 2 aromatic rings. The van der Waals surface area contributed by atoms with Gasteiger partial charge in [0.15, 0.2) is 0 Å². The summed E-state index contributed by atoms with van der Waals surface area (Å²) in [5.41, 5.74) is 1.90. The number of halogens is 1. The predicted octanol–water partition coefficient (Wildman–Crippen LogP) is 3.24. The van der Waals surface area contributed by atoms with Gasteiger partial charge in [-0.3, -0.25) is 0 Å². The average Bonchev–Trinajstić information content (AvgIpc) is 2.42. The summed E-state index contributed by atoms with van der Waals surface area (Å²) >= 11 is 1.33. The van der Waals surface area contributed by atoms with Crippen LogP contribution in [-0.4, -0.2) is 12.1 Å². The topological polar surface area (TPSA) is 22.1 Å². The monoisotopic (exact) mass is 411 g/mol. The van der Waals surface area contributed by atoms with E-state index in [0.29, 0.717) is 0 Å². The molecule has 0 N–H and O–H groups in total. The van der Waals surface area contributed by atoms with Crippen LogP contribution in [0.2, 0.25) is 0 Å². The summed E-state index contributed by atoms with van der Waals surface area (Å²) in [6.07, 6.45) is 1.77. The quantitative estimate of drug-likeness (QED) is 0.710. The molecular formula is C12H10ClNOOs-. The van der Waals surface area contributed by atoms with Crippen molar-refractivity contribution < 1.29 is 22.3 Å². The van der Waals surface area contributed by atoms with Crippen molar-refractivity contribution in [2.45, 2.75) is 0 Å². The van der Waals surface area contributed by atoms with E-state index in [1.165, 1.54) is 17.6 Å². The first-order valence-electron chi connectivity index (χ1n) is 4.50. The maximum absolute atomic E-state index is 5.05. The van der Waals surface area contributed by atoms with Gasteiger partial charge in [-0.05, 0) is 11.8 Å². The molecule has 1 aromatic carbocycles. The second kappa shape index (κ2) is 7.38. The molecule has 0 aliphatic heterocycles. The van der Waals surface area contributed by atoms with Gasteiger partial charge >= 0.3 is 27.2 Å². The summed E-state index contributed by atoms with van der Waals surface area (Å²) in [4.78, 5) is 4.23. The Balaban J connectivity index is 0.000000606. The molecule has 1 aromatic heterocycles. The van der Waals surface area contributed by atoms with Crippen LogP contribution in [0.15, 0.2) is 42.6 Å². The van der Waals surface area contributed by atoms with Crippen LogP contribution in [0.1, 0.15) is 0 Å². The zero-order valence-electron chi connectivity index (χ0n) is 8.63. The van der Waals surface area contributed by atoms with Crippen LogP contribution in [-0.2, 0) is 17.6 Å². The van der Waals surface area contributed by atoms with E-state index in [4.69, 9.17) is 4.74 Å². The molecule has 0 aliphatic carbocycles. The van der Waals surface area contributed by atoms with E-state index in [0.717, 1.165) is 17.0 Å². The minimum atomic E-state index is 0.810. The van der Waals surface area contributed by atoms with Crippen LogP contribution in [0.25, 0.3) is 11.3 Å². The first kappa shape index (κ1) is 13.2. The van der Waals surface area contributed by atoms with E-state index in [-0.39, 0.29) is 0 Å². The maximum atomic E-state index is 5.05. The van der Waals surface area contributed by atoms with Crippen molar-refractivity contribution in [3.05, 3.63) is 48.7 Å². The number of hydrogen-bond donors (Lipinski definition) is 0. The van der Waals surface area contributed by atoms with Gasteiger partial charge in [0.1, 0.15) is 0 Å². The number of aromatic nitrogens is 1. The third-order valence-corrected chi connectivity index (χ3v) is 1.96. The Kier molecular flexibility index (Phi) is 6.07. The number of rotatable bonds is 2. The predicted molar refractivity (Wildman–Crippen MR) is 60.9 cm³/mol. The van der Waals surface area contributed by atoms with Crippen molar-refractivity contribution in [3.63, 3.8) is 0 Å². The molecule has 2 rings (SSSR count). The SMILES string of the molecule is COc1c[c-]c(-c2ccccn2)cc1.[Cl][Os]. The third-order valence-electron chi connectivity index (χ3n) is 1.96. The van der Waals surface area contributed by atoms with Crippen molar-refractivity contribution in [2.24, 2.45) is 0 Å². The van der Waals surface area contributed by atoms with Crippen LogP contribution in [0, 0.1) is 6.07 Å². The molecule has 0 saturated heterocycles. The number of methoxy groups -OCH3 is 1. The third kappa shape index (κ3) is 3.59. The number of ether oxygens (including phenoxy) is 1. The van der Waals surface area contributed by atoms with Crippen molar-refractivity contribution in [1.29, 1.82) is 0 Å². The molecule has 0 unspecified atom stereocenters. The molecule has 0 bridgehead atoms. The van der Waals surface area contributed by atoms with Gasteiger partial charge in [0.2, 0.25) is 0 Å². The molecule has 0 saturated carbocycles. The number of hydrogen-bond acceptors (Lipinski definition) is 2. The second-order valence-corrected chi connectivity index (χ2v) is 2.86. The van der Waals surface area contributed by atoms with Crippen LogP contribution in [0.3, 0.4) is 0 Å². The summed E-state index contributed by atoms with van der Waals surface area (Å²) in [6, 6.07) is 14.6. The van der Waals surface area contributed by atoms with E-state index in [1.807, 2.05) is 36.4 Å². The Morgan fingerprint density at radius 1 is 1.25 bits per heavy atom. The molecule has 0 aliphatic rings. The van der Waals surface area contributed by atoms with E-state index in [9.17, 15) is 0 Å². The van der Waals surface area contributed by atoms with Crippen molar-refractivity contribution >= 4 is 9.64 Å². The van der Waals surface area contributed by atoms with E-state index >= 15 is 0 Å². The van der Waals surface area contributed by atoms with Crippen LogP contribution in [0.4, 0.5) is 0 Å². The molecule has 2 nitrogen and oxygen atoms in total. The van der Waals surface area contributed by atoms with Gasteiger partial charge in [0.05, 0.1) is 7.11 Å². The zero-order valence-corrected chi connectivity index (χ0v) is 11.9. The van der Waals surface area contributed by atoms with E-state index in [2.05, 4.69) is 20.7 Å². The fourth-order valence-corrected chi connectivity index (χ4v) is 1.22. The van der Waals surface area contributed by atoms with Crippen LogP contribution >= 0.6 is 9.64 Å². The van der Waals surface area contributed by atoms with Crippen LogP contribution < -0.4 is 4.74 Å². The van der Waals surface area contributed by atoms with E-state index < -0.39 is 0 Å². The van der Waals surface area contributed by atoms with Crippen LogP contribution in [0.5, 0.6) is 5.75 Å². The molecular weight excluding hydrogens is 400 g/mol.